The molecule has 2 aromatic carbocycles. The normalized spacial score (nSPS) is 16.0. The van der Waals surface area contributed by atoms with Crippen LogP contribution in [0.5, 0.6) is 0 Å². The van der Waals surface area contributed by atoms with Gasteiger partial charge in [0.15, 0.2) is 29.6 Å². The van der Waals surface area contributed by atoms with E-state index < -0.39 is 34.6 Å². The maximum absolute atomic E-state index is 14.0. The number of aldehydes is 1. The fourth-order valence-electron chi connectivity index (χ4n) is 4.05. The van der Waals surface area contributed by atoms with E-state index in [0.717, 1.165) is 6.07 Å². The molecular weight excluding hydrogens is 541 g/mol. The number of aliphatic imine (C=N–C) groups is 1. The van der Waals surface area contributed by atoms with Gasteiger partial charge in [-0.1, -0.05) is 11.6 Å². The number of carbonyl (C=O) groups is 1. The lowest BCUT2D eigenvalue weighted by Crippen LogP contribution is -2.40. The molecule has 1 aromatic heterocycles. The number of likely N-dealkylation sites (N-methyl/N-ethyl adjacent to an activating group) is 1. The number of nitrogens with two attached hydrogens (primary N) is 1. The molecule has 0 saturated heterocycles. The number of carbonyl (C=O) groups excluding carboxylic acids is 1. The Kier molecular flexibility index (Phi) is 9.27. The molecule has 3 N–H and O–H groups in total. The number of nitrogens with zero attached hydrogens (tertiary/aromatic N) is 3. The monoisotopic (exact) mass is 563 g/mol. The standard InChI is InChI=1S/C15H17F4N3.C12H6ClFN2O/c1-7-14(20)8(4-5-22(7)3)15(21-2)9-6-10(16)12(18)13(19)11(9)17;13-12-8(6-17)1-9(14)3-11(12)7-2-10(4-15)16-5-7/h6-7H,4-5,20H2,1-3H3;1-3,5-6,16H. The Hall–Kier alpha value is -4.01. The summed E-state index contributed by atoms with van der Waals surface area (Å²) in [5, 5.41) is 8.85. The first-order chi connectivity index (χ1) is 18.4. The summed E-state index contributed by atoms with van der Waals surface area (Å²) in [6.45, 7) is 2.51. The van der Waals surface area contributed by atoms with Crippen LogP contribution in [0.4, 0.5) is 22.0 Å². The van der Waals surface area contributed by atoms with E-state index in [2.05, 4.69) is 9.98 Å². The topological polar surface area (TPSA) is 98.3 Å². The molecule has 0 spiro atoms. The molecule has 0 fully saturated rings. The molecule has 1 atom stereocenters. The number of rotatable bonds is 4. The van der Waals surface area contributed by atoms with Crippen molar-refractivity contribution in [1.29, 1.82) is 5.26 Å². The third kappa shape index (κ3) is 6.02. The van der Waals surface area contributed by atoms with Gasteiger partial charge >= 0.3 is 0 Å². The summed E-state index contributed by atoms with van der Waals surface area (Å²) in [7, 11) is 3.26. The SMILES string of the molecule is CN=C(C1=C(N)C(C)N(C)CC1)c1cc(F)c(F)c(F)c1F.N#Cc1cc(-c2cc(F)cc(C=O)c2Cl)c[nH]1. The van der Waals surface area contributed by atoms with Gasteiger partial charge in [0, 0.05) is 53.8 Å². The lowest BCUT2D eigenvalue weighted by atomic mass is 9.92. The van der Waals surface area contributed by atoms with Gasteiger partial charge in [-0.05, 0) is 50.2 Å². The van der Waals surface area contributed by atoms with Gasteiger partial charge in [-0.15, -0.1) is 0 Å². The van der Waals surface area contributed by atoms with Gasteiger partial charge in [0.1, 0.15) is 17.6 Å². The molecule has 0 bridgehead atoms. The molecule has 2 heterocycles. The van der Waals surface area contributed by atoms with Gasteiger partial charge in [-0.2, -0.15) is 5.26 Å². The number of aromatic amines is 1. The van der Waals surface area contributed by atoms with E-state index in [1.165, 1.54) is 25.4 Å². The van der Waals surface area contributed by atoms with Gasteiger partial charge < -0.3 is 10.7 Å². The van der Waals surface area contributed by atoms with E-state index in [9.17, 15) is 26.7 Å². The number of benzene rings is 2. The second-order valence-corrected chi connectivity index (χ2v) is 9.03. The van der Waals surface area contributed by atoms with Crippen LogP contribution in [0.3, 0.4) is 0 Å². The molecule has 4 rings (SSSR count). The van der Waals surface area contributed by atoms with E-state index in [1.54, 1.807) is 0 Å². The molecule has 0 saturated carbocycles. The molecule has 204 valence electrons. The Balaban J connectivity index is 0.000000223. The predicted octanol–water partition coefficient (Wildman–Crippen LogP) is 5.76. The fourth-order valence-corrected chi connectivity index (χ4v) is 4.32. The Bertz CT molecular complexity index is 1530. The molecule has 39 heavy (non-hydrogen) atoms. The number of nitrogens with one attached hydrogen (secondary N) is 1. The van der Waals surface area contributed by atoms with E-state index >= 15 is 0 Å². The van der Waals surface area contributed by atoms with Crippen molar-refractivity contribution in [2.45, 2.75) is 19.4 Å². The molecular formula is C27H23ClF5N5O. The van der Waals surface area contributed by atoms with Crippen LogP contribution in [0.25, 0.3) is 11.1 Å². The summed E-state index contributed by atoms with van der Waals surface area (Å²) in [6, 6.07) is 6.24. The van der Waals surface area contributed by atoms with Crippen molar-refractivity contribution in [3.05, 3.63) is 92.7 Å². The minimum atomic E-state index is -1.85. The number of nitriles is 1. The fraction of sp³-hybridized carbons (Fsp3) is 0.222. The van der Waals surface area contributed by atoms with Gasteiger partial charge in [-0.25, -0.2) is 22.0 Å². The highest BCUT2D eigenvalue weighted by Crippen LogP contribution is 2.32. The largest absolute Gasteiger partial charge is 0.400 e. The zero-order valence-electron chi connectivity index (χ0n) is 21.1. The predicted molar refractivity (Wildman–Crippen MR) is 138 cm³/mol. The van der Waals surface area contributed by atoms with E-state index in [1.807, 2.05) is 24.9 Å². The molecule has 0 amide bonds. The van der Waals surface area contributed by atoms with Crippen molar-refractivity contribution in [3.8, 4) is 17.2 Å². The second-order valence-electron chi connectivity index (χ2n) is 8.65. The Morgan fingerprint density at radius 3 is 2.46 bits per heavy atom. The van der Waals surface area contributed by atoms with Crippen LogP contribution in [0, 0.1) is 40.4 Å². The van der Waals surface area contributed by atoms with Gasteiger partial charge in [0.25, 0.3) is 0 Å². The Morgan fingerprint density at radius 2 is 1.87 bits per heavy atom. The van der Waals surface area contributed by atoms with Crippen molar-refractivity contribution in [1.82, 2.24) is 9.88 Å². The van der Waals surface area contributed by atoms with Crippen molar-refractivity contribution in [2.75, 3.05) is 20.6 Å². The van der Waals surface area contributed by atoms with E-state index in [0.29, 0.717) is 53.4 Å². The van der Waals surface area contributed by atoms with Crippen LogP contribution >= 0.6 is 11.6 Å². The minimum Gasteiger partial charge on any atom is -0.400 e. The van der Waals surface area contributed by atoms with E-state index in [4.69, 9.17) is 22.6 Å². The van der Waals surface area contributed by atoms with Crippen LogP contribution in [0.15, 0.2) is 46.7 Å². The van der Waals surface area contributed by atoms with Gasteiger partial charge in [0.05, 0.1) is 10.7 Å². The lowest BCUT2D eigenvalue weighted by molar-refractivity contribution is 0.112. The summed E-state index contributed by atoms with van der Waals surface area (Å²) in [5.74, 6) is -7.17. The van der Waals surface area contributed by atoms with Crippen LogP contribution in [0.1, 0.15) is 35.0 Å². The average molecular weight is 564 g/mol. The number of halogens is 6. The maximum atomic E-state index is 14.0. The quantitative estimate of drug-likeness (QED) is 0.139. The highest BCUT2D eigenvalue weighted by Gasteiger charge is 2.28. The summed E-state index contributed by atoms with van der Waals surface area (Å²) < 4.78 is 67.3. The summed E-state index contributed by atoms with van der Waals surface area (Å²) in [6.07, 6.45) is 2.49. The maximum Gasteiger partial charge on any atom is 0.198 e. The third-order valence-electron chi connectivity index (χ3n) is 6.35. The molecule has 6 nitrogen and oxygen atoms in total. The lowest BCUT2D eigenvalue weighted by Gasteiger charge is -2.32. The Labute approximate surface area is 226 Å². The summed E-state index contributed by atoms with van der Waals surface area (Å²) >= 11 is 5.97. The molecule has 3 aromatic rings. The van der Waals surface area contributed by atoms with Gasteiger partial charge in [0.2, 0.25) is 0 Å². The first-order valence-electron chi connectivity index (χ1n) is 11.5. The number of hydrogen-bond donors (Lipinski definition) is 2. The first kappa shape index (κ1) is 29.5. The Morgan fingerprint density at radius 1 is 1.18 bits per heavy atom. The molecule has 12 heteroatoms. The first-order valence-corrected chi connectivity index (χ1v) is 11.8. The van der Waals surface area contributed by atoms with Crippen LogP contribution in [-0.4, -0.2) is 48.6 Å². The molecule has 1 aliphatic rings. The summed E-state index contributed by atoms with van der Waals surface area (Å²) in [4.78, 5) is 19.3. The van der Waals surface area contributed by atoms with Crippen molar-refractivity contribution < 1.29 is 26.7 Å². The van der Waals surface area contributed by atoms with Crippen molar-refractivity contribution >= 4 is 23.6 Å². The molecule has 0 radical (unpaired) electrons. The smallest absolute Gasteiger partial charge is 0.198 e. The minimum absolute atomic E-state index is 0.0488. The van der Waals surface area contributed by atoms with Gasteiger partial charge in [-0.3, -0.25) is 14.7 Å². The average Bonchev–Trinajstić information content (AvgIpc) is 3.41. The summed E-state index contributed by atoms with van der Waals surface area (Å²) in [5.41, 5.74) is 8.04. The molecule has 1 aliphatic heterocycles. The number of H-pyrrole nitrogens is 1. The number of hydrogen-bond acceptors (Lipinski definition) is 5. The zero-order chi connectivity index (χ0) is 29.0. The highest BCUT2D eigenvalue weighted by molar-refractivity contribution is 6.35. The number of aromatic nitrogens is 1. The second kappa shape index (κ2) is 12.2. The molecule has 1 unspecified atom stereocenters. The van der Waals surface area contributed by atoms with Crippen LogP contribution < -0.4 is 5.73 Å². The highest BCUT2D eigenvalue weighted by atomic mass is 35.5. The van der Waals surface area contributed by atoms with Crippen LogP contribution in [0.2, 0.25) is 5.02 Å². The zero-order valence-corrected chi connectivity index (χ0v) is 21.8. The van der Waals surface area contributed by atoms with Crippen LogP contribution in [-0.2, 0) is 0 Å². The van der Waals surface area contributed by atoms with Crippen molar-refractivity contribution in [2.24, 2.45) is 10.7 Å². The van der Waals surface area contributed by atoms with E-state index in [-0.39, 0.29) is 22.3 Å². The van der Waals surface area contributed by atoms with Crippen molar-refractivity contribution in [3.63, 3.8) is 0 Å². The third-order valence-corrected chi connectivity index (χ3v) is 6.77. The molecule has 0 aliphatic carbocycles.